The van der Waals surface area contributed by atoms with E-state index in [4.69, 9.17) is 4.74 Å². The Balaban J connectivity index is 3.57. The third-order valence-electron chi connectivity index (χ3n) is 11.8. The summed E-state index contributed by atoms with van der Waals surface area (Å²) in [6, 6.07) is -0.651. The lowest BCUT2D eigenvalue weighted by molar-refractivity contribution is -0.143. The van der Waals surface area contributed by atoms with Crippen molar-refractivity contribution in [1.82, 2.24) is 5.32 Å². The molecule has 0 aromatic rings. The van der Waals surface area contributed by atoms with Crippen LogP contribution >= 0.6 is 0 Å². The summed E-state index contributed by atoms with van der Waals surface area (Å²) in [5, 5.41) is 23.1. The van der Waals surface area contributed by atoms with E-state index in [-0.39, 0.29) is 18.5 Å². The Hall–Kier alpha value is -2.18. The normalized spacial score (nSPS) is 13.0. The van der Waals surface area contributed by atoms with Crippen molar-refractivity contribution in [3.8, 4) is 0 Å². The molecule has 61 heavy (non-hydrogen) atoms. The minimum absolute atomic E-state index is 0.0471. The number of rotatable bonds is 48. The fraction of sp³-hybridized carbons (Fsp3) is 0.818. The maximum Gasteiger partial charge on any atom is 0.305 e. The highest BCUT2D eigenvalue weighted by atomic mass is 16.5. The molecule has 2 unspecified atom stereocenters. The first-order valence-corrected chi connectivity index (χ1v) is 26.4. The summed E-state index contributed by atoms with van der Waals surface area (Å²) >= 11 is 0. The highest BCUT2D eigenvalue weighted by molar-refractivity contribution is 5.76. The van der Waals surface area contributed by atoms with Gasteiger partial charge in [-0.3, -0.25) is 9.59 Å². The maximum absolute atomic E-state index is 12.4. The number of esters is 1. The van der Waals surface area contributed by atoms with E-state index >= 15 is 0 Å². The first kappa shape index (κ1) is 58.8. The number of aliphatic hydroxyl groups is 2. The molecule has 0 aliphatic carbocycles. The lowest BCUT2D eigenvalue weighted by Gasteiger charge is -2.20. The molecule has 0 spiro atoms. The van der Waals surface area contributed by atoms with Crippen LogP contribution in [0.15, 0.2) is 48.6 Å². The molecule has 0 radical (unpaired) electrons. The first-order valence-electron chi connectivity index (χ1n) is 26.4. The van der Waals surface area contributed by atoms with Gasteiger partial charge in [-0.15, -0.1) is 0 Å². The molecule has 2 atom stereocenters. The molecule has 0 aromatic carbocycles. The van der Waals surface area contributed by atoms with Crippen molar-refractivity contribution in [2.24, 2.45) is 0 Å². The zero-order valence-electron chi connectivity index (χ0n) is 40.4. The smallest absolute Gasteiger partial charge is 0.305 e. The van der Waals surface area contributed by atoms with Gasteiger partial charge in [-0.25, -0.2) is 0 Å². The number of carbonyl (C=O) groups excluding carboxylic acids is 2. The molecule has 6 nitrogen and oxygen atoms in total. The molecule has 356 valence electrons. The van der Waals surface area contributed by atoms with Gasteiger partial charge in [0.2, 0.25) is 5.91 Å². The molecule has 0 aliphatic rings. The Labute approximate surface area is 378 Å². The third kappa shape index (κ3) is 47.1. The summed E-state index contributed by atoms with van der Waals surface area (Å²) in [5.41, 5.74) is 0. The standard InChI is InChI=1S/C55H101NO5/c1-3-5-7-9-11-13-15-17-19-21-22-24-27-31-35-39-43-47-53(58)52(51-57)56-54(59)48-44-40-36-32-28-26-30-34-38-42-46-50-61-55(60)49-45-41-37-33-29-25-23-20-18-16-14-12-10-8-6-4-2/h14,16,20,23,30,34,43,47,52-53,57-58H,3-13,15,17-19,21-22,24-29,31-33,35-42,44-46,48-51H2,1-2H3,(H,56,59)/b16-14-,23-20-,34-30-,47-43+. The number of unbranched alkanes of at least 4 members (excludes halogenated alkanes) is 31. The second-order valence-corrected chi connectivity index (χ2v) is 17.8. The zero-order chi connectivity index (χ0) is 44.4. The van der Waals surface area contributed by atoms with Crippen LogP contribution in [0.1, 0.15) is 264 Å². The van der Waals surface area contributed by atoms with E-state index < -0.39 is 12.1 Å². The number of ether oxygens (including phenoxy) is 1. The Morgan fingerprint density at radius 3 is 1.28 bits per heavy atom. The number of nitrogens with one attached hydrogen (secondary N) is 1. The predicted octanol–water partition coefficient (Wildman–Crippen LogP) is 15.8. The van der Waals surface area contributed by atoms with Gasteiger partial charge in [0.05, 0.1) is 25.4 Å². The van der Waals surface area contributed by atoms with Crippen molar-refractivity contribution >= 4 is 11.9 Å². The van der Waals surface area contributed by atoms with Crippen molar-refractivity contribution in [3.05, 3.63) is 48.6 Å². The second kappa shape index (κ2) is 50.5. The van der Waals surface area contributed by atoms with Crippen LogP contribution in [0.5, 0.6) is 0 Å². The van der Waals surface area contributed by atoms with E-state index in [0.717, 1.165) is 96.3 Å². The summed E-state index contributed by atoms with van der Waals surface area (Å²) < 4.78 is 5.43. The van der Waals surface area contributed by atoms with Gasteiger partial charge in [0, 0.05) is 12.8 Å². The lowest BCUT2D eigenvalue weighted by atomic mass is 10.0. The Morgan fingerprint density at radius 1 is 0.459 bits per heavy atom. The number of allylic oxidation sites excluding steroid dienone is 7. The van der Waals surface area contributed by atoms with Crippen LogP contribution in [0.3, 0.4) is 0 Å². The molecule has 0 aliphatic heterocycles. The molecule has 1 amide bonds. The van der Waals surface area contributed by atoms with E-state index in [0.29, 0.717) is 19.4 Å². The largest absolute Gasteiger partial charge is 0.466 e. The summed E-state index contributed by atoms with van der Waals surface area (Å²) in [6.07, 6.45) is 62.5. The van der Waals surface area contributed by atoms with Crippen LogP contribution in [-0.4, -0.2) is 47.4 Å². The fourth-order valence-corrected chi connectivity index (χ4v) is 7.71. The number of aliphatic hydroxyl groups excluding tert-OH is 2. The molecule has 0 saturated carbocycles. The molecule has 0 heterocycles. The van der Waals surface area contributed by atoms with E-state index in [1.54, 1.807) is 6.08 Å². The van der Waals surface area contributed by atoms with Crippen LogP contribution in [-0.2, 0) is 14.3 Å². The van der Waals surface area contributed by atoms with Gasteiger partial charge in [0.1, 0.15) is 0 Å². The number of amides is 1. The van der Waals surface area contributed by atoms with E-state index in [2.05, 4.69) is 55.6 Å². The molecular formula is C55H101NO5. The van der Waals surface area contributed by atoms with Gasteiger partial charge >= 0.3 is 5.97 Å². The molecule has 0 rings (SSSR count). The van der Waals surface area contributed by atoms with Gasteiger partial charge in [-0.05, 0) is 89.9 Å². The number of hydrogen-bond donors (Lipinski definition) is 3. The van der Waals surface area contributed by atoms with Crippen LogP contribution in [0.25, 0.3) is 0 Å². The van der Waals surface area contributed by atoms with Crippen LogP contribution in [0, 0.1) is 0 Å². The SMILES string of the molecule is CCCCCC/C=C\C/C=C\CCCCCCCC(=O)OCCCC/C=C\CCCCCCCC(=O)NC(CO)C(O)/C=C/CCCCCCCCCCCCCCCCC. The highest BCUT2D eigenvalue weighted by Crippen LogP contribution is 2.15. The van der Waals surface area contributed by atoms with E-state index in [1.807, 2.05) is 6.08 Å². The van der Waals surface area contributed by atoms with Crippen molar-refractivity contribution in [3.63, 3.8) is 0 Å². The molecule has 0 fully saturated rings. The van der Waals surface area contributed by atoms with Gasteiger partial charge in [-0.1, -0.05) is 210 Å². The minimum Gasteiger partial charge on any atom is -0.466 e. The monoisotopic (exact) mass is 856 g/mol. The van der Waals surface area contributed by atoms with Gasteiger partial charge in [0.25, 0.3) is 0 Å². The molecule has 3 N–H and O–H groups in total. The third-order valence-corrected chi connectivity index (χ3v) is 11.8. The summed E-state index contributed by atoms with van der Waals surface area (Å²) in [4.78, 5) is 24.5. The number of carbonyl (C=O) groups is 2. The minimum atomic E-state index is -0.864. The number of hydrogen-bond acceptors (Lipinski definition) is 5. The maximum atomic E-state index is 12.4. The fourth-order valence-electron chi connectivity index (χ4n) is 7.71. The van der Waals surface area contributed by atoms with Crippen LogP contribution in [0.4, 0.5) is 0 Å². The average Bonchev–Trinajstić information content (AvgIpc) is 3.26. The molecule has 0 bridgehead atoms. The van der Waals surface area contributed by atoms with E-state index in [9.17, 15) is 19.8 Å². The zero-order valence-corrected chi connectivity index (χ0v) is 40.4. The molecule has 0 saturated heterocycles. The first-order chi connectivity index (χ1) is 30.0. The Kier molecular flexibility index (Phi) is 48.7. The van der Waals surface area contributed by atoms with Crippen molar-refractivity contribution in [2.45, 2.75) is 276 Å². The van der Waals surface area contributed by atoms with Crippen LogP contribution < -0.4 is 5.32 Å². The quantitative estimate of drug-likeness (QED) is 0.0322. The van der Waals surface area contributed by atoms with Crippen LogP contribution in [0.2, 0.25) is 0 Å². The lowest BCUT2D eigenvalue weighted by Crippen LogP contribution is -2.45. The summed E-state index contributed by atoms with van der Waals surface area (Å²) in [6.45, 7) is 4.80. The van der Waals surface area contributed by atoms with Gasteiger partial charge in [-0.2, -0.15) is 0 Å². The van der Waals surface area contributed by atoms with Crippen molar-refractivity contribution in [2.75, 3.05) is 13.2 Å². The predicted molar refractivity (Wildman–Crippen MR) is 264 cm³/mol. The van der Waals surface area contributed by atoms with Gasteiger partial charge in [0.15, 0.2) is 0 Å². The van der Waals surface area contributed by atoms with E-state index in [1.165, 1.54) is 141 Å². The van der Waals surface area contributed by atoms with Gasteiger partial charge < -0.3 is 20.3 Å². The van der Waals surface area contributed by atoms with Crippen molar-refractivity contribution in [1.29, 1.82) is 0 Å². The summed E-state index contributed by atoms with van der Waals surface area (Å²) in [7, 11) is 0. The molecule has 0 aromatic heterocycles. The Morgan fingerprint density at radius 2 is 0.820 bits per heavy atom. The molecule has 6 heteroatoms. The Bertz CT molecular complexity index is 1040. The molecular weight excluding hydrogens is 755 g/mol. The highest BCUT2D eigenvalue weighted by Gasteiger charge is 2.18. The second-order valence-electron chi connectivity index (χ2n) is 17.8. The summed E-state index contributed by atoms with van der Waals surface area (Å²) in [5.74, 6) is -0.145. The van der Waals surface area contributed by atoms with Crippen molar-refractivity contribution < 1.29 is 24.5 Å². The topological polar surface area (TPSA) is 95.9 Å². The average molecular weight is 856 g/mol.